The molecule has 150 valence electrons. The van der Waals surface area contributed by atoms with Crippen LogP contribution in [0.4, 0.5) is 13.2 Å². The molecule has 0 aliphatic carbocycles. The van der Waals surface area contributed by atoms with Crippen molar-refractivity contribution in [2.45, 2.75) is 32.5 Å². The van der Waals surface area contributed by atoms with Crippen molar-refractivity contribution in [2.75, 3.05) is 13.2 Å². The van der Waals surface area contributed by atoms with E-state index in [0.29, 0.717) is 34.9 Å². The van der Waals surface area contributed by atoms with Gasteiger partial charge in [0, 0.05) is 36.3 Å². The smallest absolute Gasteiger partial charge is 0.396 e. The molecule has 1 amide bonds. The van der Waals surface area contributed by atoms with Gasteiger partial charge in [0.1, 0.15) is 5.69 Å². The molecule has 2 heterocycles. The van der Waals surface area contributed by atoms with Crippen LogP contribution < -0.4 is 0 Å². The second kappa shape index (κ2) is 7.92. The van der Waals surface area contributed by atoms with Crippen molar-refractivity contribution in [3.8, 4) is 11.3 Å². The highest BCUT2D eigenvalue weighted by Crippen LogP contribution is 2.31. The Hall–Kier alpha value is -2.39. The number of benzene rings is 1. The number of carbonyl (C=O) groups excluding carboxylic acids is 1. The van der Waals surface area contributed by atoms with E-state index in [9.17, 15) is 18.0 Å². The Morgan fingerprint density at radius 2 is 2.00 bits per heavy atom. The van der Waals surface area contributed by atoms with Crippen molar-refractivity contribution in [3.63, 3.8) is 0 Å². The summed E-state index contributed by atoms with van der Waals surface area (Å²) in [6, 6.07) is 4.67. The monoisotopic (exact) mass is 411 g/mol. The molecule has 0 aliphatic heterocycles. The maximum absolute atomic E-state index is 12.9. The summed E-state index contributed by atoms with van der Waals surface area (Å²) in [7, 11) is 0. The maximum atomic E-state index is 12.9. The van der Waals surface area contributed by atoms with Crippen LogP contribution in [0.15, 0.2) is 35.8 Å². The number of imidazole rings is 1. The number of hydrogen-bond donors (Lipinski definition) is 1. The number of halogens is 3. The number of rotatable bonds is 6. The molecule has 0 saturated carbocycles. The molecule has 0 radical (unpaired) electrons. The Bertz CT molecular complexity index is 963. The Kier molecular flexibility index (Phi) is 5.76. The van der Waals surface area contributed by atoms with Gasteiger partial charge in [0.25, 0.3) is 5.91 Å². The lowest BCUT2D eigenvalue weighted by Crippen LogP contribution is -2.39. The number of aliphatic hydroxyl groups is 1. The molecule has 3 aromatic rings. The van der Waals surface area contributed by atoms with Gasteiger partial charge in [-0.05, 0) is 32.4 Å². The summed E-state index contributed by atoms with van der Waals surface area (Å²) >= 11 is 1.29. The first-order chi connectivity index (χ1) is 13.3. The highest BCUT2D eigenvalue weighted by molar-refractivity contribution is 7.15. The zero-order valence-electron chi connectivity index (χ0n) is 15.4. The molecular formula is C19H20F3N3O2S. The molecule has 9 heteroatoms. The van der Waals surface area contributed by atoms with Gasteiger partial charge in [-0.15, -0.1) is 11.3 Å². The van der Waals surface area contributed by atoms with Gasteiger partial charge in [-0.2, -0.15) is 13.2 Å². The summed E-state index contributed by atoms with van der Waals surface area (Å²) in [4.78, 5) is 19.6. The average Bonchev–Trinajstić information content (AvgIpc) is 3.22. The van der Waals surface area contributed by atoms with Gasteiger partial charge in [-0.1, -0.05) is 12.1 Å². The number of thiazole rings is 1. The lowest BCUT2D eigenvalue weighted by Gasteiger charge is -2.27. The number of fused-ring (bicyclic) bond motifs is 1. The average molecular weight is 411 g/mol. The second-order valence-corrected chi connectivity index (χ2v) is 7.26. The van der Waals surface area contributed by atoms with Gasteiger partial charge in [0.05, 0.1) is 11.3 Å². The number of carbonyl (C=O) groups is 1. The molecule has 0 spiro atoms. The minimum atomic E-state index is -4.39. The van der Waals surface area contributed by atoms with Gasteiger partial charge >= 0.3 is 6.18 Å². The van der Waals surface area contributed by atoms with Crippen molar-refractivity contribution in [1.29, 1.82) is 0 Å². The van der Waals surface area contributed by atoms with Crippen molar-refractivity contribution in [2.24, 2.45) is 0 Å². The molecule has 1 atom stereocenters. The predicted molar refractivity (Wildman–Crippen MR) is 101 cm³/mol. The Balaban J connectivity index is 1.92. The molecule has 2 aromatic heterocycles. The molecule has 0 bridgehead atoms. The molecule has 1 aromatic carbocycles. The van der Waals surface area contributed by atoms with Crippen LogP contribution in [0, 0.1) is 0 Å². The zero-order chi connectivity index (χ0) is 20.5. The first-order valence-corrected chi connectivity index (χ1v) is 9.70. The summed E-state index contributed by atoms with van der Waals surface area (Å²) in [5.41, 5.74) is 0.770. The Morgan fingerprint density at radius 3 is 2.57 bits per heavy atom. The lowest BCUT2D eigenvalue weighted by molar-refractivity contribution is -0.137. The van der Waals surface area contributed by atoms with E-state index >= 15 is 0 Å². The van der Waals surface area contributed by atoms with E-state index in [4.69, 9.17) is 5.11 Å². The molecular weight excluding hydrogens is 391 g/mol. The van der Waals surface area contributed by atoms with Crippen molar-refractivity contribution >= 4 is 22.2 Å². The molecule has 0 saturated heterocycles. The highest BCUT2D eigenvalue weighted by Gasteiger charge is 2.30. The SMILES string of the molecule is CCN(C(=O)c1csc2nc(-c3ccc(C(F)(F)F)cc3)cn12)[C@@H](C)CCO. The van der Waals surface area contributed by atoms with Crippen LogP contribution in [0.25, 0.3) is 16.2 Å². The van der Waals surface area contributed by atoms with Crippen LogP contribution in [-0.4, -0.2) is 44.5 Å². The largest absolute Gasteiger partial charge is 0.416 e. The Morgan fingerprint density at radius 1 is 1.32 bits per heavy atom. The molecule has 0 fully saturated rings. The number of amides is 1. The summed E-state index contributed by atoms with van der Waals surface area (Å²) in [6.07, 6.45) is -2.25. The molecule has 28 heavy (non-hydrogen) atoms. The molecule has 0 aliphatic rings. The number of nitrogens with zero attached hydrogens (tertiary/aromatic N) is 3. The lowest BCUT2D eigenvalue weighted by atomic mass is 10.1. The fourth-order valence-corrected chi connectivity index (χ4v) is 3.90. The Labute approximate surface area is 164 Å². The van der Waals surface area contributed by atoms with Crippen LogP contribution in [0.3, 0.4) is 0 Å². The van der Waals surface area contributed by atoms with E-state index in [-0.39, 0.29) is 18.6 Å². The van der Waals surface area contributed by atoms with Crippen LogP contribution in [0.2, 0.25) is 0 Å². The van der Waals surface area contributed by atoms with Gasteiger partial charge in [0.2, 0.25) is 0 Å². The van der Waals surface area contributed by atoms with E-state index < -0.39 is 11.7 Å². The van der Waals surface area contributed by atoms with E-state index in [1.165, 1.54) is 23.5 Å². The number of aliphatic hydroxyl groups excluding tert-OH is 1. The summed E-state index contributed by atoms with van der Waals surface area (Å²) < 4.78 is 39.9. The number of aromatic nitrogens is 2. The third-order valence-electron chi connectivity index (χ3n) is 4.62. The molecule has 3 rings (SSSR count). The third-order valence-corrected chi connectivity index (χ3v) is 5.46. The van der Waals surface area contributed by atoms with Crippen molar-refractivity contribution in [3.05, 3.63) is 47.1 Å². The molecule has 1 N–H and O–H groups in total. The topological polar surface area (TPSA) is 57.8 Å². The standard InChI is InChI=1S/C19H20F3N3O2S/c1-3-24(12(2)8-9-26)17(27)16-11-28-18-23-15(10-25(16)18)13-4-6-14(7-5-13)19(20,21)22/h4-7,10-12,26H,3,8-9H2,1-2H3/t12-/m0/s1. The highest BCUT2D eigenvalue weighted by atomic mass is 32.1. The fraction of sp³-hybridized carbons (Fsp3) is 0.368. The van der Waals surface area contributed by atoms with Crippen molar-refractivity contribution in [1.82, 2.24) is 14.3 Å². The summed E-state index contributed by atoms with van der Waals surface area (Å²) in [5.74, 6) is -0.175. The second-order valence-electron chi connectivity index (χ2n) is 6.43. The van der Waals surface area contributed by atoms with Crippen LogP contribution in [0.5, 0.6) is 0 Å². The quantitative estimate of drug-likeness (QED) is 0.658. The van der Waals surface area contributed by atoms with E-state index in [0.717, 1.165) is 12.1 Å². The van der Waals surface area contributed by atoms with Crippen LogP contribution in [-0.2, 0) is 6.18 Å². The fourth-order valence-electron chi connectivity index (χ4n) is 3.05. The normalized spacial score (nSPS) is 13.1. The number of alkyl halides is 3. The van der Waals surface area contributed by atoms with Crippen LogP contribution in [0.1, 0.15) is 36.3 Å². The van der Waals surface area contributed by atoms with Gasteiger partial charge in [0.15, 0.2) is 4.96 Å². The first kappa shape index (κ1) is 20.3. The summed E-state index contributed by atoms with van der Waals surface area (Å²) in [6.45, 7) is 4.24. The summed E-state index contributed by atoms with van der Waals surface area (Å²) in [5, 5.41) is 10.9. The van der Waals surface area contributed by atoms with Crippen LogP contribution >= 0.6 is 11.3 Å². The number of hydrogen-bond acceptors (Lipinski definition) is 4. The van der Waals surface area contributed by atoms with E-state index in [2.05, 4.69) is 4.98 Å². The molecule has 5 nitrogen and oxygen atoms in total. The first-order valence-electron chi connectivity index (χ1n) is 8.82. The minimum Gasteiger partial charge on any atom is -0.396 e. The van der Waals surface area contributed by atoms with E-state index in [1.54, 1.807) is 20.9 Å². The van der Waals surface area contributed by atoms with Gasteiger partial charge < -0.3 is 10.0 Å². The van der Waals surface area contributed by atoms with Crippen molar-refractivity contribution < 1.29 is 23.1 Å². The van der Waals surface area contributed by atoms with Gasteiger partial charge in [-0.25, -0.2) is 4.98 Å². The zero-order valence-corrected chi connectivity index (χ0v) is 16.2. The van der Waals surface area contributed by atoms with E-state index in [1.807, 2.05) is 13.8 Å². The third kappa shape index (κ3) is 3.90. The molecule has 0 unspecified atom stereocenters. The van der Waals surface area contributed by atoms with Gasteiger partial charge in [-0.3, -0.25) is 9.20 Å². The maximum Gasteiger partial charge on any atom is 0.416 e. The predicted octanol–water partition coefficient (Wildman–Crippen LogP) is 4.31. The minimum absolute atomic E-state index is 0.00681.